The van der Waals surface area contributed by atoms with E-state index in [1.165, 1.54) is 0 Å². The van der Waals surface area contributed by atoms with E-state index < -0.39 is 7.82 Å². The predicted octanol–water partition coefficient (Wildman–Crippen LogP) is 0.919. The summed E-state index contributed by atoms with van der Waals surface area (Å²) in [5, 5.41) is 0.729. The van der Waals surface area contributed by atoms with Crippen LogP contribution in [0.4, 0.5) is 0 Å². The molecule has 112 valence electrons. The molecular formula is C12H19N2O5P. The monoisotopic (exact) mass is 302 g/mol. The molecule has 0 fully saturated rings. The minimum Gasteiger partial charge on any atom is -0.412 e. The standard InChI is InChI=1S/C12H17N2O4P.H2O/c1-14(2)7-6-9-8-13-10-4-3-5-11(12(9)10)18-19(15,16)17;/h3-5,8,13H,6-7H2,1-2H3,(H2,15,16,17);1H2. The zero-order valence-corrected chi connectivity index (χ0v) is 12.2. The van der Waals surface area contributed by atoms with Crippen LogP contribution in [0.2, 0.25) is 0 Å². The van der Waals surface area contributed by atoms with Crippen molar-refractivity contribution in [3.63, 3.8) is 0 Å². The summed E-state index contributed by atoms with van der Waals surface area (Å²) in [5.41, 5.74) is 1.78. The lowest BCUT2D eigenvalue weighted by atomic mass is 10.1. The number of aromatic nitrogens is 1. The molecule has 1 heterocycles. The second kappa shape index (κ2) is 6.39. The van der Waals surface area contributed by atoms with Gasteiger partial charge < -0.3 is 19.9 Å². The van der Waals surface area contributed by atoms with Crippen molar-refractivity contribution in [3.05, 3.63) is 30.0 Å². The molecule has 1 aromatic heterocycles. The van der Waals surface area contributed by atoms with Gasteiger partial charge in [-0.1, -0.05) is 6.07 Å². The molecule has 0 radical (unpaired) electrons. The quantitative estimate of drug-likeness (QED) is 0.710. The maximum atomic E-state index is 11.0. The third kappa shape index (κ3) is 4.06. The van der Waals surface area contributed by atoms with Gasteiger partial charge >= 0.3 is 7.82 Å². The van der Waals surface area contributed by atoms with E-state index in [-0.39, 0.29) is 11.2 Å². The molecule has 0 aliphatic carbocycles. The summed E-state index contributed by atoms with van der Waals surface area (Å²) >= 11 is 0. The second-order valence-electron chi connectivity index (χ2n) is 4.63. The van der Waals surface area contributed by atoms with Gasteiger partial charge in [-0.05, 0) is 38.2 Å². The van der Waals surface area contributed by atoms with E-state index in [2.05, 4.69) is 4.98 Å². The molecule has 0 bridgehead atoms. The van der Waals surface area contributed by atoms with Crippen molar-refractivity contribution in [2.24, 2.45) is 0 Å². The number of benzene rings is 1. The first-order chi connectivity index (χ1) is 8.87. The highest BCUT2D eigenvalue weighted by Gasteiger charge is 2.19. The minimum atomic E-state index is -4.55. The molecule has 0 saturated heterocycles. The highest BCUT2D eigenvalue weighted by Crippen LogP contribution is 2.41. The van der Waals surface area contributed by atoms with E-state index in [9.17, 15) is 4.57 Å². The van der Waals surface area contributed by atoms with Crippen LogP contribution in [-0.2, 0) is 11.0 Å². The summed E-state index contributed by atoms with van der Waals surface area (Å²) in [6.45, 7) is 0.844. The van der Waals surface area contributed by atoms with Crippen LogP contribution in [0.15, 0.2) is 24.4 Å². The molecule has 0 aliphatic rings. The molecule has 0 spiro atoms. The smallest absolute Gasteiger partial charge is 0.412 e. The summed E-state index contributed by atoms with van der Waals surface area (Å²) in [6.07, 6.45) is 2.62. The molecule has 0 aliphatic heterocycles. The zero-order chi connectivity index (χ0) is 14.0. The molecule has 5 N–H and O–H groups in total. The van der Waals surface area contributed by atoms with Crippen LogP contribution in [0.3, 0.4) is 0 Å². The summed E-state index contributed by atoms with van der Waals surface area (Å²) in [4.78, 5) is 23.0. The fourth-order valence-corrected chi connectivity index (χ4v) is 2.37. The maximum Gasteiger partial charge on any atom is 0.524 e. The number of phosphoric acid groups is 1. The number of hydrogen-bond acceptors (Lipinski definition) is 3. The van der Waals surface area contributed by atoms with Gasteiger partial charge in [-0.15, -0.1) is 0 Å². The Morgan fingerprint density at radius 3 is 2.65 bits per heavy atom. The number of phosphoric ester groups is 1. The van der Waals surface area contributed by atoms with Crippen LogP contribution < -0.4 is 4.52 Å². The molecule has 2 aromatic rings. The van der Waals surface area contributed by atoms with Gasteiger partial charge in [0.1, 0.15) is 5.75 Å². The lowest BCUT2D eigenvalue weighted by Gasteiger charge is -2.11. The van der Waals surface area contributed by atoms with Gasteiger partial charge in [0.05, 0.1) is 0 Å². The second-order valence-corrected chi connectivity index (χ2v) is 5.79. The Kier molecular flexibility index (Phi) is 5.33. The van der Waals surface area contributed by atoms with Gasteiger partial charge in [0.15, 0.2) is 0 Å². The van der Waals surface area contributed by atoms with E-state index in [0.29, 0.717) is 0 Å². The van der Waals surface area contributed by atoms with E-state index in [4.69, 9.17) is 14.3 Å². The lowest BCUT2D eigenvalue weighted by molar-refractivity contribution is 0.284. The van der Waals surface area contributed by atoms with Gasteiger partial charge in [-0.2, -0.15) is 0 Å². The summed E-state index contributed by atoms with van der Waals surface area (Å²) in [6, 6.07) is 5.11. The predicted molar refractivity (Wildman–Crippen MR) is 76.8 cm³/mol. The number of fused-ring (bicyclic) bond motifs is 1. The van der Waals surface area contributed by atoms with Crippen molar-refractivity contribution in [3.8, 4) is 5.75 Å². The molecule has 0 saturated carbocycles. The number of rotatable bonds is 5. The van der Waals surface area contributed by atoms with Gasteiger partial charge in [-0.25, -0.2) is 4.57 Å². The van der Waals surface area contributed by atoms with E-state index in [1.54, 1.807) is 12.1 Å². The van der Waals surface area contributed by atoms with Crippen LogP contribution in [0.1, 0.15) is 5.56 Å². The van der Waals surface area contributed by atoms with Crippen LogP contribution >= 0.6 is 7.82 Å². The van der Waals surface area contributed by atoms with Gasteiger partial charge in [0.2, 0.25) is 0 Å². The van der Waals surface area contributed by atoms with Crippen molar-refractivity contribution >= 4 is 18.7 Å². The highest BCUT2D eigenvalue weighted by atomic mass is 31.2. The van der Waals surface area contributed by atoms with Crippen molar-refractivity contribution in [1.82, 2.24) is 9.88 Å². The Bertz CT molecular complexity index is 619. The van der Waals surface area contributed by atoms with Crippen LogP contribution in [0.25, 0.3) is 10.9 Å². The first kappa shape index (κ1) is 16.7. The molecule has 1 aromatic carbocycles. The molecular weight excluding hydrogens is 283 g/mol. The molecule has 0 atom stereocenters. The number of likely N-dealkylation sites (N-methyl/N-ethyl adjacent to an activating group) is 1. The molecule has 0 amide bonds. The third-order valence-corrected chi connectivity index (χ3v) is 3.23. The first-order valence-corrected chi connectivity index (χ1v) is 7.39. The fraction of sp³-hybridized carbons (Fsp3) is 0.333. The first-order valence-electron chi connectivity index (χ1n) is 5.85. The van der Waals surface area contributed by atoms with E-state index >= 15 is 0 Å². The van der Waals surface area contributed by atoms with E-state index in [0.717, 1.165) is 29.4 Å². The Hall–Kier alpha value is -1.37. The Balaban J connectivity index is 0.00000200. The number of aromatic amines is 1. The molecule has 0 unspecified atom stereocenters. The van der Waals surface area contributed by atoms with Crippen LogP contribution in [0.5, 0.6) is 5.75 Å². The molecule has 8 heteroatoms. The fourth-order valence-electron chi connectivity index (χ4n) is 1.97. The number of nitrogens with one attached hydrogen (secondary N) is 1. The summed E-state index contributed by atoms with van der Waals surface area (Å²) in [5.74, 6) is 0.209. The lowest BCUT2D eigenvalue weighted by Crippen LogP contribution is -2.14. The number of H-pyrrole nitrogens is 1. The number of nitrogens with zero attached hydrogens (tertiary/aromatic N) is 1. The maximum absolute atomic E-state index is 11.0. The van der Waals surface area contributed by atoms with Gasteiger partial charge in [0.25, 0.3) is 0 Å². The SMILES string of the molecule is CN(C)CCc1c[nH]c2cccc(OP(=O)(O)O)c12.O. The van der Waals surface area contributed by atoms with Crippen molar-refractivity contribution in [1.29, 1.82) is 0 Å². The van der Waals surface area contributed by atoms with Crippen LogP contribution in [0, 0.1) is 0 Å². The summed E-state index contributed by atoms with van der Waals surface area (Å²) in [7, 11) is -0.602. The molecule has 7 nitrogen and oxygen atoms in total. The third-order valence-electron chi connectivity index (χ3n) is 2.79. The minimum absolute atomic E-state index is 0. The van der Waals surface area contributed by atoms with Crippen LogP contribution in [-0.4, -0.2) is 45.8 Å². The Labute approximate surface area is 116 Å². The van der Waals surface area contributed by atoms with Gasteiger partial charge in [-0.3, -0.25) is 9.79 Å². The number of hydrogen-bond donors (Lipinski definition) is 3. The van der Waals surface area contributed by atoms with Crippen molar-refractivity contribution in [2.45, 2.75) is 6.42 Å². The van der Waals surface area contributed by atoms with E-state index in [1.807, 2.05) is 31.3 Å². The van der Waals surface area contributed by atoms with Gasteiger partial charge in [0, 0.05) is 23.6 Å². The average molecular weight is 302 g/mol. The van der Waals surface area contributed by atoms with Crippen molar-refractivity contribution in [2.75, 3.05) is 20.6 Å². The highest BCUT2D eigenvalue weighted by molar-refractivity contribution is 7.46. The zero-order valence-electron chi connectivity index (χ0n) is 11.3. The Morgan fingerprint density at radius 2 is 2.05 bits per heavy atom. The normalized spacial score (nSPS) is 11.7. The molecule has 2 rings (SSSR count). The largest absolute Gasteiger partial charge is 0.524 e. The molecule has 20 heavy (non-hydrogen) atoms. The Morgan fingerprint density at radius 1 is 1.35 bits per heavy atom. The summed E-state index contributed by atoms with van der Waals surface area (Å²) < 4.78 is 15.8. The topological polar surface area (TPSA) is 117 Å². The van der Waals surface area contributed by atoms with Crippen molar-refractivity contribution < 1.29 is 24.4 Å². The average Bonchev–Trinajstić information content (AvgIpc) is 2.68.